The van der Waals surface area contributed by atoms with Crippen molar-refractivity contribution in [2.45, 2.75) is 13.0 Å². The maximum atomic E-state index is 13.0. The maximum absolute atomic E-state index is 13.0. The van der Waals surface area contributed by atoms with Crippen molar-refractivity contribution in [1.29, 1.82) is 0 Å². The minimum Gasteiger partial charge on any atom is -0.505 e. The zero-order valence-electron chi connectivity index (χ0n) is 13.9. The number of aromatic hydroxyl groups is 1. The molecule has 0 radical (unpaired) electrons. The van der Waals surface area contributed by atoms with E-state index in [2.05, 4.69) is 9.98 Å². The summed E-state index contributed by atoms with van der Waals surface area (Å²) in [5.74, 6) is 0.308. The minimum atomic E-state index is -0.272. The molecule has 0 fully saturated rings. The van der Waals surface area contributed by atoms with Crippen molar-refractivity contribution in [2.75, 3.05) is 13.6 Å². The fourth-order valence-electron chi connectivity index (χ4n) is 2.66. The van der Waals surface area contributed by atoms with Crippen molar-refractivity contribution < 1.29 is 14.3 Å². The van der Waals surface area contributed by atoms with Gasteiger partial charge in [0.15, 0.2) is 5.75 Å². The van der Waals surface area contributed by atoms with E-state index in [4.69, 9.17) is 4.42 Å². The van der Waals surface area contributed by atoms with E-state index >= 15 is 0 Å². The van der Waals surface area contributed by atoms with Crippen LogP contribution in [0.15, 0.2) is 58.3 Å². The van der Waals surface area contributed by atoms with Crippen molar-refractivity contribution in [3.8, 4) is 5.75 Å². The molecule has 25 heavy (non-hydrogen) atoms. The number of carbonyl (C=O) groups excluding carboxylic acids is 1. The minimum absolute atomic E-state index is 0.100. The Labute approximate surface area is 145 Å². The van der Waals surface area contributed by atoms with Gasteiger partial charge in [0.1, 0.15) is 11.3 Å². The third-order valence-corrected chi connectivity index (χ3v) is 3.90. The van der Waals surface area contributed by atoms with Crippen LogP contribution in [0.4, 0.5) is 0 Å². The highest BCUT2D eigenvalue weighted by atomic mass is 16.3. The Hall–Kier alpha value is -3.15. The summed E-state index contributed by atoms with van der Waals surface area (Å²) in [5, 5.41) is 11.3. The lowest BCUT2D eigenvalue weighted by Gasteiger charge is -2.21. The lowest BCUT2D eigenvalue weighted by Crippen LogP contribution is -2.31. The molecule has 1 N–H and O–H groups in total. The van der Waals surface area contributed by atoms with Crippen molar-refractivity contribution in [3.63, 3.8) is 0 Å². The molecule has 0 aliphatic heterocycles. The average Bonchev–Trinajstić information content (AvgIpc) is 3.14. The maximum Gasteiger partial charge on any atom is 0.258 e. The Morgan fingerprint density at radius 2 is 2.20 bits per heavy atom. The lowest BCUT2D eigenvalue weighted by molar-refractivity contribution is 0.0734. The van der Waals surface area contributed by atoms with Crippen LogP contribution in [0.25, 0.3) is 10.9 Å². The van der Waals surface area contributed by atoms with Crippen LogP contribution in [0.1, 0.15) is 22.5 Å². The Bertz CT molecular complexity index is 888. The summed E-state index contributed by atoms with van der Waals surface area (Å²) >= 11 is 0. The van der Waals surface area contributed by atoms with E-state index < -0.39 is 0 Å². The molecule has 0 bridgehead atoms. The number of aliphatic imine (C=N–C) groups is 1. The van der Waals surface area contributed by atoms with Crippen LogP contribution in [0.5, 0.6) is 5.75 Å². The van der Waals surface area contributed by atoms with E-state index in [1.165, 1.54) is 0 Å². The van der Waals surface area contributed by atoms with Crippen LogP contribution >= 0.6 is 0 Å². The SMILES string of the molecule is CN=CCCN(Cc1ccco1)C(=O)c1ccc2cccnc2c1O. The zero-order valence-corrected chi connectivity index (χ0v) is 13.9. The number of hydrogen-bond acceptors (Lipinski definition) is 5. The molecule has 0 aliphatic rings. The molecule has 2 aromatic heterocycles. The summed E-state index contributed by atoms with van der Waals surface area (Å²) in [5.41, 5.74) is 0.646. The van der Waals surface area contributed by atoms with Crippen LogP contribution in [0.3, 0.4) is 0 Å². The van der Waals surface area contributed by atoms with Crippen molar-refractivity contribution in [2.24, 2.45) is 4.99 Å². The first-order chi connectivity index (χ1) is 12.2. The number of fused-ring (bicyclic) bond motifs is 1. The van der Waals surface area contributed by atoms with Gasteiger partial charge < -0.3 is 19.4 Å². The summed E-state index contributed by atoms with van der Waals surface area (Å²) in [6.07, 6.45) is 5.54. The molecule has 128 valence electrons. The predicted octanol–water partition coefficient (Wildman–Crippen LogP) is 3.27. The number of rotatable bonds is 6. The van der Waals surface area contributed by atoms with Crippen molar-refractivity contribution in [3.05, 3.63) is 60.2 Å². The Balaban J connectivity index is 1.91. The number of amides is 1. The molecule has 0 spiro atoms. The molecule has 6 heteroatoms. The first-order valence-corrected chi connectivity index (χ1v) is 7.99. The van der Waals surface area contributed by atoms with Gasteiger partial charge in [0.25, 0.3) is 5.91 Å². The molecule has 0 saturated heterocycles. The van der Waals surface area contributed by atoms with Gasteiger partial charge in [-0.25, -0.2) is 0 Å². The van der Waals surface area contributed by atoms with Gasteiger partial charge in [-0.1, -0.05) is 12.1 Å². The fraction of sp³-hybridized carbons (Fsp3) is 0.211. The Morgan fingerprint density at radius 3 is 2.96 bits per heavy atom. The molecular weight excluding hydrogens is 318 g/mol. The normalized spacial score (nSPS) is 11.2. The van der Waals surface area contributed by atoms with Gasteiger partial charge in [-0.05, 0) is 30.7 Å². The first kappa shape index (κ1) is 16.7. The summed E-state index contributed by atoms with van der Waals surface area (Å²) < 4.78 is 5.35. The van der Waals surface area contributed by atoms with Crippen LogP contribution in [-0.2, 0) is 6.54 Å². The largest absolute Gasteiger partial charge is 0.505 e. The zero-order chi connectivity index (χ0) is 17.6. The number of aromatic nitrogens is 1. The molecule has 0 atom stereocenters. The molecule has 0 saturated carbocycles. The van der Waals surface area contributed by atoms with Gasteiger partial charge in [-0.15, -0.1) is 0 Å². The first-order valence-electron chi connectivity index (χ1n) is 7.99. The quantitative estimate of drug-likeness (QED) is 0.700. The molecule has 2 heterocycles. The third kappa shape index (κ3) is 3.68. The molecule has 1 aromatic carbocycles. The van der Waals surface area contributed by atoms with Gasteiger partial charge in [-0.2, -0.15) is 0 Å². The number of phenolic OH excluding ortho intramolecular Hbond substituents is 1. The van der Waals surface area contributed by atoms with Crippen molar-refractivity contribution >= 4 is 23.0 Å². The number of furan rings is 1. The van der Waals surface area contributed by atoms with E-state index in [1.54, 1.807) is 54.9 Å². The molecular formula is C19H19N3O3. The van der Waals surface area contributed by atoms with E-state index in [-0.39, 0.29) is 17.2 Å². The predicted molar refractivity (Wildman–Crippen MR) is 95.9 cm³/mol. The highest BCUT2D eigenvalue weighted by Gasteiger charge is 2.21. The average molecular weight is 337 g/mol. The lowest BCUT2D eigenvalue weighted by atomic mass is 10.1. The monoisotopic (exact) mass is 337 g/mol. The fourth-order valence-corrected chi connectivity index (χ4v) is 2.66. The topological polar surface area (TPSA) is 78.9 Å². The second kappa shape index (κ2) is 7.61. The Morgan fingerprint density at radius 1 is 1.32 bits per heavy atom. The summed E-state index contributed by atoms with van der Waals surface area (Å²) in [7, 11) is 1.69. The number of nitrogens with zero attached hydrogens (tertiary/aromatic N) is 3. The second-order valence-electron chi connectivity index (χ2n) is 5.57. The molecule has 1 amide bonds. The smallest absolute Gasteiger partial charge is 0.258 e. The van der Waals surface area contributed by atoms with Crippen LogP contribution in [0.2, 0.25) is 0 Å². The molecule has 6 nitrogen and oxygen atoms in total. The van der Waals surface area contributed by atoms with E-state index in [9.17, 15) is 9.90 Å². The van der Waals surface area contributed by atoms with E-state index in [0.29, 0.717) is 30.8 Å². The summed E-state index contributed by atoms with van der Waals surface area (Å²) in [6, 6.07) is 10.6. The molecule has 3 rings (SSSR count). The number of benzene rings is 1. The standard InChI is InChI=1S/C19H19N3O3/c1-20-9-4-11-22(13-15-6-3-12-25-15)19(24)16-8-7-14-5-2-10-21-17(14)18(16)23/h2-3,5-10,12,23H,4,11,13H2,1H3. The van der Waals surface area contributed by atoms with Crippen LogP contribution in [-0.4, -0.2) is 40.7 Å². The molecule has 0 aliphatic carbocycles. The Kier molecular flexibility index (Phi) is 5.09. The van der Waals surface area contributed by atoms with E-state index in [1.807, 2.05) is 12.1 Å². The number of carbonyl (C=O) groups is 1. The van der Waals surface area contributed by atoms with Crippen molar-refractivity contribution in [1.82, 2.24) is 9.88 Å². The van der Waals surface area contributed by atoms with Crippen LogP contribution < -0.4 is 0 Å². The highest BCUT2D eigenvalue weighted by molar-refractivity contribution is 6.02. The van der Waals surface area contributed by atoms with Gasteiger partial charge in [0.2, 0.25) is 0 Å². The van der Waals surface area contributed by atoms with E-state index in [0.717, 1.165) is 5.39 Å². The third-order valence-electron chi connectivity index (χ3n) is 3.90. The summed E-state index contributed by atoms with van der Waals surface area (Å²) in [4.78, 5) is 22.7. The van der Waals surface area contributed by atoms with Gasteiger partial charge in [0, 0.05) is 31.4 Å². The summed E-state index contributed by atoms with van der Waals surface area (Å²) in [6.45, 7) is 0.791. The van der Waals surface area contributed by atoms with Gasteiger partial charge in [-0.3, -0.25) is 9.78 Å². The molecule has 3 aromatic rings. The van der Waals surface area contributed by atoms with Crippen LogP contribution in [0, 0.1) is 0 Å². The molecule has 0 unspecified atom stereocenters. The second-order valence-corrected chi connectivity index (χ2v) is 5.57. The van der Waals surface area contributed by atoms with Gasteiger partial charge >= 0.3 is 0 Å². The highest BCUT2D eigenvalue weighted by Crippen LogP contribution is 2.28. The number of phenols is 1. The number of hydrogen-bond donors (Lipinski definition) is 1. The number of pyridine rings is 1. The van der Waals surface area contributed by atoms with Gasteiger partial charge in [0.05, 0.1) is 18.4 Å².